The molecule has 1 aromatic heterocycles. The molecule has 0 spiro atoms. The Labute approximate surface area is 118 Å². The third-order valence-corrected chi connectivity index (χ3v) is 6.12. The molecule has 2 rings (SSSR count). The van der Waals surface area contributed by atoms with Crippen molar-refractivity contribution in [1.82, 2.24) is 9.29 Å². The number of sulfonamides is 1. The Morgan fingerprint density at radius 1 is 1.47 bits per heavy atom. The lowest BCUT2D eigenvalue weighted by Crippen LogP contribution is -2.46. The molecule has 1 aromatic rings. The summed E-state index contributed by atoms with van der Waals surface area (Å²) < 4.78 is 26.8. The number of anilines is 1. The van der Waals surface area contributed by atoms with E-state index in [1.807, 2.05) is 0 Å². The zero-order valence-electron chi connectivity index (χ0n) is 11.4. The second-order valence-electron chi connectivity index (χ2n) is 5.05. The van der Waals surface area contributed by atoms with Crippen molar-refractivity contribution in [3.8, 4) is 0 Å². The molecule has 5 nitrogen and oxygen atoms in total. The normalized spacial score (nSPS) is 20.2. The van der Waals surface area contributed by atoms with Crippen LogP contribution in [0.15, 0.2) is 23.4 Å². The SMILES string of the molecule is CNc1cccnc1S(=O)(=O)N1CCSC(C)(C)C1. The Morgan fingerprint density at radius 2 is 2.21 bits per heavy atom. The molecule has 2 heterocycles. The van der Waals surface area contributed by atoms with E-state index in [1.54, 1.807) is 30.9 Å². The summed E-state index contributed by atoms with van der Waals surface area (Å²) >= 11 is 1.80. The summed E-state index contributed by atoms with van der Waals surface area (Å²) in [5.41, 5.74) is 0.540. The van der Waals surface area contributed by atoms with Gasteiger partial charge in [-0.05, 0) is 26.0 Å². The van der Waals surface area contributed by atoms with Crippen LogP contribution in [-0.2, 0) is 10.0 Å². The molecule has 106 valence electrons. The van der Waals surface area contributed by atoms with Gasteiger partial charge in [-0.25, -0.2) is 13.4 Å². The average Bonchev–Trinajstić information content (AvgIpc) is 2.37. The van der Waals surface area contributed by atoms with Crippen LogP contribution in [0, 0.1) is 0 Å². The third kappa shape index (κ3) is 3.04. The zero-order chi connectivity index (χ0) is 14.1. The van der Waals surface area contributed by atoms with Gasteiger partial charge in [-0.3, -0.25) is 0 Å². The Kier molecular flexibility index (Phi) is 4.08. The molecular formula is C12H19N3O2S2. The molecule has 7 heteroatoms. The van der Waals surface area contributed by atoms with Crippen LogP contribution in [0.3, 0.4) is 0 Å². The first-order valence-electron chi connectivity index (χ1n) is 6.14. The van der Waals surface area contributed by atoms with Crippen LogP contribution in [0.25, 0.3) is 0 Å². The predicted octanol–water partition coefficient (Wildman–Crippen LogP) is 1.64. The number of aromatic nitrogens is 1. The Hall–Kier alpha value is -0.790. The van der Waals surface area contributed by atoms with Gasteiger partial charge in [-0.2, -0.15) is 16.1 Å². The minimum atomic E-state index is -3.53. The van der Waals surface area contributed by atoms with Gasteiger partial charge in [0.15, 0.2) is 5.03 Å². The summed E-state index contributed by atoms with van der Waals surface area (Å²) in [6.45, 7) is 5.18. The van der Waals surface area contributed by atoms with E-state index < -0.39 is 10.0 Å². The van der Waals surface area contributed by atoms with Gasteiger partial charge in [0.05, 0.1) is 5.69 Å². The Morgan fingerprint density at radius 3 is 2.84 bits per heavy atom. The largest absolute Gasteiger partial charge is 0.386 e. The number of nitrogens with one attached hydrogen (secondary N) is 1. The van der Waals surface area contributed by atoms with Crippen LogP contribution in [-0.4, -0.2) is 48.3 Å². The fraction of sp³-hybridized carbons (Fsp3) is 0.583. The first-order chi connectivity index (χ1) is 8.87. The molecule has 0 aliphatic carbocycles. The zero-order valence-corrected chi connectivity index (χ0v) is 13.0. The average molecular weight is 301 g/mol. The molecule has 1 fully saturated rings. The fourth-order valence-corrected chi connectivity index (χ4v) is 5.11. The smallest absolute Gasteiger partial charge is 0.262 e. The lowest BCUT2D eigenvalue weighted by atomic mass is 10.2. The second kappa shape index (κ2) is 5.30. The number of nitrogens with zero attached hydrogens (tertiary/aromatic N) is 2. The maximum Gasteiger partial charge on any atom is 0.262 e. The first-order valence-corrected chi connectivity index (χ1v) is 8.56. The van der Waals surface area contributed by atoms with E-state index in [4.69, 9.17) is 0 Å². The van der Waals surface area contributed by atoms with Crippen molar-refractivity contribution in [2.45, 2.75) is 23.6 Å². The maximum absolute atomic E-state index is 12.7. The minimum absolute atomic E-state index is 0.0556. The predicted molar refractivity (Wildman–Crippen MR) is 79.1 cm³/mol. The van der Waals surface area contributed by atoms with Crippen molar-refractivity contribution in [2.24, 2.45) is 0 Å². The van der Waals surface area contributed by atoms with Gasteiger partial charge >= 0.3 is 0 Å². The van der Waals surface area contributed by atoms with Gasteiger partial charge in [-0.1, -0.05) is 0 Å². The highest BCUT2D eigenvalue weighted by Gasteiger charge is 2.36. The standard InChI is InChI=1S/C12H19N3O2S2/c1-12(2)9-15(7-8-18-12)19(16,17)11-10(13-3)5-4-6-14-11/h4-6,13H,7-9H2,1-3H3. The number of rotatable bonds is 3. The minimum Gasteiger partial charge on any atom is -0.386 e. The van der Waals surface area contributed by atoms with Crippen LogP contribution in [0.2, 0.25) is 0 Å². The van der Waals surface area contributed by atoms with Crippen LogP contribution < -0.4 is 5.32 Å². The number of hydrogen-bond donors (Lipinski definition) is 1. The van der Waals surface area contributed by atoms with Crippen LogP contribution in [0.4, 0.5) is 5.69 Å². The van der Waals surface area contributed by atoms with E-state index >= 15 is 0 Å². The quantitative estimate of drug-likeness (QED) is 0.919. The van der Waals surface area contributed by atoms with Crippen molar-refractivity contribution in [3.05, 3.63) is 18.3 Å². The molecule has 0 bridgehead atoms. The van der Waals surface area contributed by atoms with Gasteiger partial charge < -0.3 is 5.32 Å². The highest BCUT2D eigenvalue weighted by atomic mass is 32.2. The number of pyridine rings is 1. The summed E-state index contributed by atoms with van der Waals surface area (Å²) in [6.07, 6.45) is 1.51. The molecular weight excluding hydrogens is 282 g/mol. The molecule has 19 heavy (non-hydrogen) atoms. The van der Waals surface area contributed by atoms with Gasteiger partial charge in [0.1, 0.15) is 0 Å². The van der Waals surface area contributed by atoms with E-state index in [2.05, 4.69) is 24.1 Å². The Balaban J connectivity index is 2.37. The van der Waals surface area contributed by atoms with E-state index in [0.717, 1.165) is 5.75 Å². The van der Waals surface area contributed by atoms with Gasteiger partial charge in [0.25, 0.3) is 10.0 Å². The topological polar surface area (TPSA) is 62.3 Å². The van der Waals surface area contributed by atoms with Crippen molar-refractivity contribution < 1.29 is 8.42 Å². The molecule has 1 aliphatic rings. The Bertz CT molecular complexity index is 558. The van der Waals surface area contributed by atoms with E-state index in [0.29, 0.717) is 18.8 Å². The monoisotopic (exact) mass is 301 g/mol. The maximum atomic E-state index is 12.7. The highest BCUT2D eigenvalue weighted by molar-refractivity contribution is 8.00. The van der Waals surface area contributed by atoms with Gasteiger partial charge in [0, 0.05) is 36.8 Å². The summed E-state index contributed by atoms with van der Waals surface area (Å²) in [4.78, 5) is 4.05. The van der Waals surface area contributed by atoms with Crippen molar-refractivity contribution in [1.29, 1.82) is 0 Å². The summed E-state index contributed by atoms with van der Waals surface area (Å²) in [7, 11) is -1.83. The summed E-state index contributed by atoms with van der Waals surface area (Å²) in [5, 5.41) is 3.00. The lowest BCUT2D eigenvalue weighted by molar-refractivity contribution is 0.386. The molecule has 0 amide bonds. The molecule has 0 unspecified atom stereocenters. The van der Waals surface area contributed by atoms with Crippen LogP contribution >= 0.6 is 11.8 Å². The van der Waals surface area contributed by atoms with Crippen molar-refractivity contribution in [3.63, 3.8) is 0 Å². The molecule has 0 atom stereocenters. The van der Waals surface area contributed by atoms with Gasteiger partial charge in [-0.15, -0.1) is 0 Å². The lowest BCUT2D eigenvalue weighted by Gasteiger charge is -2.36. The van der Waals surface area contributed by atoms with Gasteiger partial charge in [0.2, 0.25) is 0 Å². The third-order valence-electron chi connectivity index (χ3n) is 3.02. The van der Waals surface area contributed by atoms with Crippen LogP contribution in [0.5, 0.6) is 0 Å². The molecule has 0 radical (unpaired) electrons. The fourth-order valence-electron chi connectivity index (χ4n) is 2.09. The number of hydrogen-bond acceptors (Lipinski definition) is 5. The van der Waals surface area contributed by atoms with Crippen LogP contribution in [0.1, 0.15) is 13.8 Å². The molecule has 0 saturated carbocycles. The van der Waals surface area contributed by atoms with E-state index in [1.165, 1.54) is 10.5 Å². The summed E-state index contributed by atoms with van der Waals surface area (Å²) in [6, 6.07) is 3.45. The molecule has 1 aliphatic heterocycles. The second-order valence-corrected chi connectivity index (χ2v) is 8.71. The molecule has 1 saturated heterocycles. The highest BCUT2D eigenvalue weighted by Crippen LogP contribution is 2.33. The molecule has 0 aromatic carbocycles. The van der Waals surface area contributed by atoms with E-state index in [-0.39, 0.29) is 9.77 Å². The molecule has 1 N–H and O–H groups in total. The first kappa shape index (κ1) is 14.6. The van der Waals surface area contributed by atoms with Crippen molar-refractivity contribution >= 4 is 27.5 Å². The number of thioether (sulfide) groups is 1. The van der Waals surface area contributed by atoms with Crippen molar-refractivity contribution in [2.75, 3.05) is 31.2 Å². The van der Waals surface area contributed by atoms with E-state index in [9.17, 15) is 8.42 Å². The summed E-state index contributed by atoms with van der Waals surface area (Å²) in [5.74, 6) is 0.813.